The van der Waals surface area contributed by atoms with Crippen LogP contribution in [0.4, 0.5) is 4.79 Å². The SMILES string of the molecule is CCCNC(=O)N1CC(O)(C(C)C)C1. The van der Waals surface area contributed by atoms with Crippen molar-refractivity contribution in [3.63, 3.8) is 0 Å². The highest BCUT2D eigenvalue weighted by molar-refractivity contribution is 5.75. The van der Waals surface area contributed by atoms with E-state index in [0.717, 1.165) is 6.42 Å². The molecular weight excluding hydrogens is 180 g/mol. The third kappa shape index (κ3) is 2.18. The minimum Gasteiger partial charge on any atom is -0.386 e. The van der Waals surface area contributed by atoms with Crippen molar-refractivity contribution < 1.29 is 9.90 Å². The average Bonchev–Trinajstić information content (AvgIpc) is 2.08. The second kappa shape index (κ2) is 4.17. The van der Waals surface area contributed by atoms with Crippen LogP contribution in [0.5, 0.6) is 0 Å². The van der Waals surface area contributed by atoms with Gasteiger partial charge in [0.15, 0.2) is 0 Å². The van der Waals surface area contributed by atoms with E-state index in [9.17, 15) is 9.90 Å². The maximum Gasteiger partial charge on any atom is 0.317 e. The zero-order chi connectivity index (χ0) is 10.8. The average molecular weight is 200 g/mol. The fourth-order valence-corrected chi connectivity index (χ4v) is 1.47. The van der Waals surface area contributed by atoms with Crippen LogP contribution in [-0.4, -0.2) is 41.3 Å². The Morgan fingerprint density at radius 1 is 1.57 bits per heavy atom. The quantitative estimate of drug-likeness (QED) is 0.708. The van der Waals surface area contributed by atoms with E-state index in [-0.39, 0.29) is 11.9 Å². The van der Waals surface area contributed by atoms with Crippen molar-refractivity contribution in [3.05, 3.63) is 0 Å². The molecular formula is C10H20N2O2. The Hall–Kier alpha value is -0.770. The zero-order valence-corrected chi connectivity index (χ0v) is 9.21. The van der Waals surface area contributed by atoms with Crippen LogP contribution in [0, 0.1) is 5.92 Å². The number of likely N-dealkylation sites (tertiary alicyclic amines) is 1. The first-order valence-corrected chi connectivity index (χ1v) is 5.24. The van der Waals surface area contributed by atoms with Gasteiger partial charge in [0.1, 0.15) is 5.60 Å². The molecule has 1 rings (SSSR count). The molecule has 2 N–H and O–H groups in total. The Bertz CT molecular complexity index is 210. The summed E-state index contributed by atoms with van der Waals surface area (Å²) in [5.41, 5.74) is -0.663. The second-order valence-corrected chi connectivity index (χ2v) is 4.35. The molecule has 82 valence electrons. The molecule has 4 nitrogen and oxygen atoms in total. The summed E-state index contributed by atoms with van der Waals surface area (Å²) >= 11 is 0. The zero-order valence-electron chi connectivity index (χ0n) is 9.21. The number of carbonyl (C=O) groups excluding carboxylic acids is 1. The van der Waals surface area contributed by atoms with E-state index in [2.05, 4.69) is 5.32 Å². The molecule has 0 atom stereocenters. The van der Waals surface area contributed by atoms with Crippen LogP contribution in [0.25, 0.3) is 0 Å². The summed E-state index contributed by atoms with van der Waals surface area (Å²) in [6, 6.07) is -0.0582. The third-order valence-electron chi connectivity index (χ3n) is 2.82. The summed E-state index contributed by atoms with van der Waals surface area (Å²) in [6.07, 6.45) is 0.939. The van der Waals surface area contributed by atoms with Crippen LogP contribution in [0.2, 0.25) is 0 Å². The van der Waals surface area contributed by atoms with Gasteiger partial charge in [-0.2, -0.15) is 0 Å². The first-order chi connectivity index (χ1) is 6.49. The predicted octanol–water partition coefficient (Wildman–Crippen LogP) is 0.809. The van der Waals surface area contributed by atoms with Gasteiger partial charge in [-0.3, -0.25) is 0 Å². The summed E-state index contributed by atoms with van der Waals surface area (Å²) in [7, 11) is 0. The normalized spacial score (nSPS) is 19.4. The minimum atomic E-state index is -0.663. The maximum absolute atomic E-state index is 11.4. The molecule has 4 heteroatoms. The van der Waals surface area contributed by atoms with Crippen molar-refractivity contribution >= 4 is 6.03 Å². The van der Waals surface area contributed by atoms with Crippen LogP contribution in [-0.2, 0) is 0 Å². The van der Waals surface area contributed by atoms with E-state index in [4.69, 9.17) is 0 Å². The molecule has 2 amide bonds. The topological polar surface area (TPSA) is 52.6 Å². The molecule has 0 saturated carbocycles. The lowest BCUT2D eigenvalue weighted by molar-refractivity contribution is -0.107. The Morgan fingerprint density at radius 2 is 2.14 bits per heavy atom. The molecule has 1 aliphatic heterocycles. The van der Waals surface area contributed by atoms with Gasteiger partial charge >= 0.3 is 6.03 Å². The van der Waals surface area contributed by atoms with Crippen LogP contribution in [0.15, 0.2) is 0 Å². The number of hydrogen-bond acceptors (Lipinski definition) is 2. The second-order valence-electron chi connectivity index (χ2n) is 4.35. The number of rotatable bonds is 3. The Balaban J connectivity index is 2.30. The van der Waals surface area contributed by atoms with Gasteiger partial charge in [-0.15, -0.1) is 0 Å². The van der Waals surface area contributed by atoms with E-state index in [1.54, 1.807) is 4.90 Å². The summed E-state index contributed by atoms with van der Waals surface area (Å²) in [5.74, 6) is 0.206. The molecule has 1 saturated heterocycles. The Kier molecular flexibility index (Phi) is 3.37. The van der Waals surface area contributed by atoms with Crippen LogP contribution in [0.1, 0.15) is 27.2 Å². The number of β-amino-alcohol motifs (C(OH)–C–C–N with tert-alkyl or cyclic N) is 1. The van der Waals surface area contributed by atoms with Crippen LogP contribution >= 0.6 is 0 Å². The molecule has 1 aliphatic rings. The number of hydrogen-bond donors (Lipinski definition) is 2. The summed E-state index contributed by atoms with van der Waals surface area (Å²) in [6.45, 7) is 7.58. The van der Waals surface area contributed by atoms with E-state index >= 15 is 0 Å². The van der Waals surface area contributed by atoms with E-state index in [1.165, 1.54) is 0 Å². The number of amides is 2. The van der Waals surface area contributed by atoms with Crippen molar-refractivity contribution in [2.45, 2.75) is 32.8 Å². The van der Waals surface area contributed by atoms with Gasteiger partial charge in [-0.05, 0) is 12.3 Å². The lowest BCUT2D eigenvalue weighted by Gasteiger charge is -2.48. The van der Waals surface area contributed by atoms with Crippen LogP contribution in [0.3, 0.4) is 0 Å². The highest BCUT2D eigenvalue weighted by atomic mass is 16.3. The van der Waals surface area contributed by atoms with Gasteiger partial charge < -0.3 is 15.3 Å². The highest BCUT2D eigenvalue weighted by Gasteiger charge is 2.45. The van der Waals surface area contributed by atoms with E-state index in [0.29, 0.717) is 19.6 Å². The highest BCUT2D eigenvalue weighted by Crippen LogP contribution is 2.28. The largest absolute Gasteiger partial charge is 0.386 e. The molecule has 0 bridgehead atoms. The standard InChI is InChI=1S/C10H20N2O2/c1-4-5-11-9(13)12-6-10(14,7-12)8(2)3/h8,14H,4-7H2,1-3H3,(H,11,13). The predicted molar refractivity (Wildman–Crippen MR) is 55.1 cm³/mol. The molecule has 0 radical (unpaired) electrons. The third-order valence-corrected chi connectivity index (χ3v) is 2.82. The van der Waals surface area contributed by atoms with E-state index in [1.807, 2.05) is 20.8 Å². The number of urea groups is 1. The van der Waals surface area contributed by atoms with Crippen molar-refractivity contribution in [2.24, 2.45) is 5.92 Å². The molecule has 14 heavy (non-hydrogen) atoms. The molecule has 0 aromatic heterocycles. The van der Waals surface area contributed by atoms with Crippen molar-refractivity contribution in [3.8, 4) is 0 Å². The first-order valence-electron chi connectivity index (χ1n) is 5.24. The van der Waals surface area contributed by atoms with Gasteiger partial charge in [-0.25, -0.2) is 4.79 Å². The van der Waals surface area contributed by atoms with Crippen LogP contribution < -0.4 is 5.32 Å². The lowest BCUT2D eigenvalue weighted by atomic mass is 9.83. The first kappa shape index (κ1) is 11.3. The Labute approximate surface area is 85.3 Å². The monoisotopic (exact) mass is 200 g/mol. The lowest BCUT2D eigenvalue weighted by Crippen LogP contribution is -2.67. The van der Waals surface area contributed by atoms with Crippen molar-refractivity contribution in [2.75, 3.05) is 19.6 Å². The summed E-state index contributed by atoms with van der Waals surface area (Å²) < 4.78 is 0. The summed E-state index contributed by atoms with van der Waals surface area (Å²) in [5, 5.41) is 12.7. The summed E-state index contributed by atoms with van der Waals surface area (Å²) in [4.78, 5) is 13.0. The molecule has 0 spiro atoms. The van der Waals surface area contributed by atoms with Gasteiger partial charge in [-0.1, -0.05) is 20.8 Å². The van der Waals surface area contributed by atoms with Gasteiger partial charge in [0.2, 0.25) is 0 Å². The molecule has 1 fully saturated rings. The fraction of sp³-hybridized carbons (Fsp3) is 0.900. The molecule has 0 unspecified atom stereocenters. The number of nitrogens with one attached hydrogen (secondary N) is 1. The van der Waals surface area contributed by atoms with Gasteiger partial charge in [0, 0.05) is 6.54 Å². The van der Waals surface area contributed by atoms with E-state index < -0.39 is 5.60 Å². The molecule has 0 aliphatic carbocycles. The Morgan fingerprint density at radius 3 is 2.57 bits per heavy atom. The smallest absolute Gasteiger partial charge is 0.317 e. The van der Waals surface area contributed by atoms with Gasteiger partial charge in [0.25, 0.3) is 0 Å². The number of carbonyl (C=O) groups is 1. The molecule has 0 aromatic rings. The molecule has 1 heterocycles. The van der Waals surface area contributed by atoms with Crippen molar-refractivity contribution in [1.82, 2.24) is 10.2 Å². The van der Waals surface area contributed by atoms with Gasteiger partial charge in [0.05, 0.1) is 13.1 Å². The minimum absolute atomic E-state index is 0.0582. The van der Waals surface area contributed by atoms with Crippen molar-refractivity contribution in [1.29, 1.82) is 0 Å². The number of aliphatic hydroxyl groups is 1. The maximum atomic E-state index is 11.4. The number of nitrogens with zero attached hydrogens (tertiary/aromatic N) is 1. The molecule has 0 aromatic carbocycles. The fourth-order valence-electron chi connectivity index (χ4n) is 1.47.